The number of nitrogens with one attached hydrogen (secondary N) is 1. The first-order valence-corrected chi connectivity index (χ1v) is 9.69. The number of hydrogen-bond donors (Lipinski definition) is 1. The third-order valence-corrected chi connectivity index (χ3v) is 6.58. The Bertz CT molecular complexity index is 609. The zero-order valence-corrected chi connectivity index (χ0v) is 15.1. The van der Waals surface area contributed by atoms with E-state index in [0.717, 1.165) is 29.9 Å². The molecule has 1 amide bonds. The monoisotopic (exact) mass is 344 g/mol. The van der Waals surface area contributed by atoms with Crippen LogP contribution in [0, 0.1) is 29.0 Å². The molecule has 0 radical (unpaired) electrons. The highest BCUT2D eigenvalue weighted by Crippen LogP contribution is 2.59. The number of hydrogen-bond acceptors (Lipinski definition) is 2. The van der Waals surface area contributed by atoms with E-state index in [1.165, 1.54) is 50.7 Å². The molecule has 4 bridgehead atoms. The van der Waals surface area contributed by atoms with Crippen LogP contribution in [0.15, 0.2) is 24.3 Å². The van der Waals surface area contributed by atoms with Gasteiger partial charge in [0.1, 0.15) is 5.82 Å². The summed E-state index contributed by atoms with van der Waals surface area (Å²) in [4.78, 5) is 14.3. The van der Waals surface area contributed by atoms with Gasteiger partial charge in [0.25, 0.3) is 0 Å². The van der Waals surface area contributed by atoms with Crippen molar-refractivity contribution in [2.45, 2.75) is 45.1 Å². The molecular weight excluding hydrogens is 315 g/mol. The second-order valence-corrected chi connectivity index (χ2v) is 9.00. The second kappa shape index (κ2) is 6.71. The van der Waals surface area contributed by atoms with Gasteiger partial charge in [-0.25, -0.2) is 4.39 Å². The molecule has 3 nitrogen and oxygen atoms in total. The predicted molar refractivity (Wildman–Crippen MR) is 96.3 cm³/mol. The zero-order valence-electron chi connectivity index (χ0n) is 15.1. The van der Waals surface area contributed by atoms with Crippen LogP contribution in [0.3, 0.4) is 0 Å². The maximum atomic E-state index is 13.3. The predicted octanol–water partition coefficient (Wildman–Crippen LogP) is 3.59. The maximum absolute atomic E-state index is 13.3. The molecule has 4 heteroatoms. The molecule has 0 aromatic heterocycles. The molecule has 4 fully saturated rings. The molecule has 0 atom stereocenters. The lowest BCUT2D eigenvalue weighted by Crippen LogP contribution is -2.51. The topological polar surface area (TPSA) is 32.3 Å². The fourth-order valence-electron chi connectivity index (χ4n) is 6.10. The van der Waals surface area contributed by atoms with Crippen LogP contribution >= 0.6 is 0 Å². The largest absolute Gasteiger partial charge is 0.354 e. The van der Waals surface area contributed by atoms with E-state index in [1.54, 1.807) is 6.07 Å². The Kier molecular flexibility index (Phi) is 4.57. The normalized spacial score (nSPS) is 33.0. The Morgan fingerprint density at radius 2 is 1.84 bits per heavy atom. The van der Waals surface area contributed by atoms with Gasteiger partial charge in [0.05, 0.1) is 6.54 Å². The van der Waals surface area contributed by atoms with Crippen LogP contribution in [0.4, 0.5) is 4.39 Å². The van der Waals surface area contributed by atoms with E-state index in [-0.39, 0.29) is 11.7 Å². The van der Waals surface area contributed by atoms with Gasteiger partial charge < -0.3 is 5.32 Å². The quantitative estimate of drug-likeness (QED) is 0.855. The summed E-state index contributed by atoms with van der Waals surface area (Å²) in [7, 11) is 1.91. The molecule has 4 aliphatic rings. The van der Waals surface area contributed by atoms with E-state index in [4.69, 9.17) is 0 Å². The van der Waals surface area contributed by atoms with Crippen molar-refractivity contribution in [1.29, 1.82) is 0 Å². The first-order valence-electron chi connectivity index (χ1n) is 9.69. The fraction of sp³-hybridized carbons (Fsp3) is 0.667. The van der Waals surface area contributed by atoms with Gasteiger partial charge >= 0.3 is 0 Å². The van der Waals surface area contributed by atoms with E-state index < -0.39 is 0 Å². The first-order chi connectivity index (χ1) is 12.0. The summed E-state index contributed by atoms with van der Waals surface area (Å²) in [5, 5.41) is 3.21. The number of rotatable bonds is 6. The summed E-state index contributed by atoms with van der Waals surface area (Å²) in [5.74, 6) is 2.61. The Hall–Kier alpha value is -1.42. The number of likely N-dealkylation sites (N-methyl/N-ethyl adjacent to an activating group) is 1. The number of halogens is 1. The van der Waals surface area contributed by atoms with Gasteiger partial charge in [-0.15, -0.1) is 0 Å². The lowest BCUT2D eigenvalue weighted by molar-refractivity contribution is -0.124. The third kappa shape index (κ3) is 3.89. The van der Waals surface area contributed by atoms with Crippen molar-refractivity contribution in [3.63, 3.8) is 0 Å². The number of carbonyl (C=O) groups is 1. The third-order valence-electron chi connectivity index (χ3n) is 6.58. The van der Waals surface area contributed by atoms with E-state index in [1.807, 2.05) is 18.0 Å². The van der Waals surface area contributed by atoms with Crippen LogP contribution in [0.1, 0.15) is 44.1 Å². The molecule has 0 spiro atoms. The highest BCUT2D eigenvalue weighted by atomic mass is 19.1. The molecule has 0 saturated heterocycles. The Balaban J connectivity index is 1.26. The molecule has 136 valence electrons. The van der Waals surface area contributed by atoms with E-state index in [2.05, 4.69) is 5.32 Å². The molecule has 1 aromatic carbocycles. The van der Waals surface area contributed by atoms with Crippen molar-refractivity contribution < 1.29 is 9.18 Å². The summed E-state index contributed by atoms with van der Waals surface area (Å²) >= 11 is 0. The minimum absolute atomic E-state index is 0.0923. The van der Waals surface area contributed by atoms with Crippen molar-refractivity contribution in [1.82, 2.24) is 10.2 Å². The Labute approximate surface area is 150 Å². The van der Waals surface area contributed by atoms with Gasteiger partial charge in [0, 0.05) is 13.1 Å². The lowest BCUT2D eigenvalue weighted by Gasteiger charge is -2.56. The van der Waals surface area contributed by atoms with Crippen LogP contribution in [0.5, 0.6) is 0 Å². The fourth-order valence-corrected chi connectivity index (χ4v) is 6.10. The summed E-state index contributed by atoms with van der Waals surface area (Å²) in [6.07, 6.45) is 8.26. The number of carbonyl (C=O) groups excluding carboxylic acids is 1. The molecule has 4 aliphatic carbocycles. The number of benzene rings is 1. The molecule has 0 aliphatic heterocycles. The average molecular weight is 344 g/mol. The van der Waals surface area contributed by atoms with Crippen LogP contribution in [0.25, 0.3) is 0 Å². The van der Waals surface area contributed by atoms with Gasteiger partial charge in [-0.05, 0) is 86.4 Å². The minimum Gasteiger partial charge on any atom is -0.354 e. The van der Waals surface area contributed by atoms with Gasteiger partial charge in [-0.2, -0.15) is 0 Å². The molecule has 4 saturated carbocycles. The van der Waals surface area contributed by atoms with Gasteiger partial charge in [0.15, 0.2) is 0 Å². The standard InChI is InChI=1S/C21H29FN2O/c1-24(12-15-3-2-4-19(22)8-15)13-20(25)23-14-21-9-16-5-17(10-21)7-18(6-16)11-21/h2-4,8,16-18H,5-7,9-14H2,1H3,(H,23,25). The Morgan fingerprint density at radius 3 is 2.44 bits per heavy atom. The number of amides is 1. The maximum Gasteiger partial charge on any atom is 0.234 e. The second-order valence-electron chi connectivity index (χ2n) is 9.00. The van der Waals surface area contributed by atoms with Crippen molar-refractivity contribution in [3.05, 3.63) is 35.6 Å². The van der Waals surface area contributed by atoms with Gasteiger partial charge in [-0.3, -0.25) is 9.69 Å². The van der Waals surface area contributed by atoms with Crippen LogP contribution in [0.2, 0.25) is 0 Å². The van der Waals surface area contributed by atoms with Crippen molar-refractivity contribution in [2.24, 2.45) is 23.2 Å². The molecule has 25 heavy (non-hydrogen) atoms. The van der Waals surface area contributed by atoms with Crippen molar-refractivity contribution >= 4 is 5.91 Å². The van der Waals surface area contributed by atoms with E-state index >= 15 is 0 Å². The van der Waals surface area contributed by atoms with Crippen LogP contribution in [-0.2, 0) is 11.3 Å². The summed E-state index contributed by atoms with van der Waals surface area (Å²) in [6.45, 7) is 1.80. The first kappa shape index (κ1) is 17.0. The summed E-state index contributed by atoms with van der Waals surface area (Å²) in [5.41, 5.74) is 1.28. The Morgan fingerprint density at radius 1 is 1.20 bits per heavy atom. The zero-order chi connectivity index (χ0) is 17.4. The smallest absolute Gasteiger partial charge is 0.234 e. The summed E-state index contributed by atoms with van der Waals surface area (Å²) < 4.78 is 13.3. The molecular formula is C21H29FN2O. The SMILES string of the molecule is CN(CC(=O)NCC12CC3CC(CC(C3)C1)C2)Cc1cccc(F)c1. The van der Waals surface area contributed by atoms with E-state index in [9.17, 15) is 9.18 Å². The molecule has 1 N–H and O–H groups in total. The minimum atomic E-state index is -0.225. The summed E-state index contributed by atoms with van der Waals surface area (Å²) in [6, 6.07) is 6.59. The van der Waals surface area contributed by atoms with Crippen LogP contribution < -0.4 is 5.32 Å². The highest BCUT2D eigenvalue weighted by Gasteiger charge is 2.50. The number of nitrogens with zero attached hydrogens (tertiary/aromatic N) is 1. The van der Waals surface area contributed by atoms with Gasteiger partial charge in [0.2, 0.25) is 5.91 Å². The molecule has 1 aromatic rings. The molecule has 0 heterocycles. The van der Waals surface area contributed by atoms with Crippen molar-refractivity contribution in [3.8, 4) is 0 Å². The van der Waals surface area contributed by atoms with Gasteiger partial charge in [-0.1, -0.05) is 12.1 Å². The molecule has 0 unspecified atom stereocenters. The van der Waals surface area contributed by atoms with Crippen molar-refractivity contribution in [2.75, 3.05) is 20.1 Å². The molecule has 5 rings (SSSR count). The van der Waals surface area contributed by atoms with Crippen LogP contribution in [-0.4, -0.2) is 30.9 Å². The van der Waals surface area contributed by atoms with E-state index in [0.29, 0.717) is 18.5 Å². The average Bonchev–Trinajstić information content (AvgIpc) is 2.51. The highest BCUT2D eigenvalue weighted by molar-refractivity contribution is 5.78. The lowest BCUT2D eigenvalue weighted by atomic mass is 9.49.